The van der Waals surface area contributed by atoms with E-state index in [-0.39, 0.29) is 5.54 Å². The smallest absolute Gasteiger partial charge is 0.0616 e. The van der Waals surface area contributed by atoms with E-state index in [9.17, 15) is 0 Å². The molecule has 0 radical (unpaired) electrons. The van der Waals surface area contributed by atoms with Crippen molar-refractivity contribution in [2.45, 2.75) is 40.2 Å². The maximum absolute atomic E-state index is 4.59. The summed E-state index contributed by atoms with van der Waals surface area (Å²) in [6.07, 6.45) is 1.81. The van der Waals surface area contributed by atoms with Gasteiger partial charge >= 0.3 is 0 Å². The van der Waals surface area contributed by atoms with Crippen molar-refractivity contribution in [3.8, 4) is 0 Å². The lowest BCUT2D eigenvalue weighted by Gasteiger charge is -2.28. The van der Waals surface area contributed by atoms with Gasteiger partial charge in [-0.1, -0.05) is 31.7 Å². The predicted octanol–water partition coefficient (Wildman–Crippen LogP) is 3.62. The molecule has 0 amide bonds. The Hall–Kier alpha value is -0.850. The Morgan fingerprint density at radius 3 is 2.15 bits per heavy atom. The van der Waals surface area contributed by atoms with E-state index in [0.29, 0.717) is 5.92 Å². The van der Waals surface area contributed by atoms with Crippen molar-refractivity contribution >= 4 is 5.71 Å². The summed E-state index contributed by atoms with van der Waals surface area (Å²) in [5, 5.41) is 0. The zero-order chi connectivity index (χ0) is 10.6. The fraction of sp³-hybridized carbons (Fsp3) is 0.583. The average Bonchev–Trinajstić information content (AvgIpc) is 1.99. The Morgan fingerprint density at radius 2 is 1.85 bits per heavy atom. The monoisotopic (exact) mass is 179 g/mol. The van der Waals surface area contributed by atoms with Gasteiger partial charge in [-0.3, -0.25) is 4.99 Å². The molecule has 0 saturated carbocycles. The van der Waals surface area contributed by atoms with Crippen molar-refractivity contribution < 1.29 is 0 Å². The molecule has 0 aromatic rings. The minimum absolute atomic E-state index is 0.0793. The molecule has 74 valence electrons. The van der Waals surface area contributed by atoms with Crippen LogP contribution in [0.25, 0.3) is 0 Å². The molecule has 0 aliphatic heterocycles. The van der Waals surface area contributed by atoms with E-state index < -0.39 is 0 Å². The number of rotatable bonds is 4. The third kappa shape index (κ3) is 3.58. The summed E-state index contributed by atoms with van der Waals surface area (Å²) in [6, 6.07) is 0. The lowest BCUT2D eigenvalue weighted by Crippen LogP contribution is -2.28. The van der Waals surface area contributed by atoms with Gasteiger partial charge in [-0.25, -0.2) is 0 Å². The standard InChI is InChI=1S/C12H21N/c1-8-10(4)11(5)12(6,7)13-9(2)3/h8,11H,1,4H2,2-3,5-7H3. The molecule has 0 N–H and O–H groups in total. The van der Waals surface area contributed by atoms with Crippen LogP contribution in [-0.4, -0.2) is 11.3 Å². The van der Waals surface area contributed by atoms with Crippen molar-refractivity contribution in [3.05, 3.63) is 24.8 Å². The molecule has 0 saturated heterocycles. The lowest BCUT2D eigenvalue weighted by molar-refractivity contribution is 0.401. The van der Waals surface area contributed by atoms with Crippen molar-refractivity contribution in [3.63, 3.8) is 0 Å². The van der Waals surface area contributed by atoms with E-state index >= 15 is 0 Å². The van der Waals surface area contributed by atoms with Gasteiger partial charge in [0, 0.05) is 11.6 Å². The fourth-order valence-electron chi connectivity index (χ4n) is 1.30. The third-order valence-corrected chi connectivity index (χ3v) is 2.39. The summed E-state index contributed by atoms with van der Waals surface area (Å²) in [5.74, 6) is 0.333. The molecule has 13 heavy (non-hydrogen) atoms. The van der Waals surface area contributed by atoms with E-state index in [2.05, 4.69) is 38.9 Å². The molecule has 0 spiro atoms. The highest BCUT2D eigenvalue weighted by atomic mass is 14.9. The van der Waals surface area contributed by atoms with E-state index in [1.165, 1.54) is 0 Å². The molecule has 1 nitrogen and oxygen atoms in total. The molecule has 1 heteroatoms. The number of hydrogen-bond donors (Lipinski definition) is 0. The van der Waals surface area contributed by atoms with Gasteiger partial charge < -0.3 is 0 Å². The lowest BCUT2D eigenvalue weighted by atomic mass is 9.84. The predicted molar refractivity (Wildman–Crippen MR) is 61.4 cm³/mol. The van der Waals surface area contributed by atoms with Crippen LogP contribution in [0.15, 0.2) is 29.8 Å². The summed E-state index contributed by atoms with van der Waals surface area (Å²) in [5.41, 5.74) is 2.08. The summed E-state index contributed by atoms with van der Waals surface area (Å²) in [6.45, 7) is 18.1. The van der Waals surface area contributed by atoms with Gasteiger partial charge in [0.2, 0.25) is 0 Å². The highest BCUT2D eigenvalue weighted by Crippen LogP contribution is 2.27. The van der Waals surface area contributed by atoms with Crippen LogP contribution in [0, 0.1) is 5.92 Å². The Kier molecular flexibility index (Phi) is 4.12. The molecule has 1 unspecified atom stereocenters. The first kappa shape index (κ1) is 12.2. The van der Waals surface area contributed by atoms with Crippen molar-refractivity contribution in [1.29, 1.82) is 0 Å². The van der Waals surface area contributed by atoms with Crippen LogP contribution in [0.2, 0.25) is 0 Å². The van der Waals surface area contributed by atoms with E-state index in [1.807, 2.05) is 19.9 Å². The van der Waals surface area contributed by atoms with Crippen molar-refractivity contribution in [2.75, 3.05) is 0 Å². The third-order valence-electron chi connectivity index (χ3n) is 2.39. The molecule has 0 rings (SSSR count). The minimum atomic E-state index is -0.0793. The van der Waals surface area contributed by atoms with Gasteiger partial charge in [0.15, 0.2) is 0 Å². The van der Waals surface area contributed by atoms with E-state index in [0.717, 1.165) is 11.3 Å². The first-order chi connectivity index (χ1) is 5.81. The number of nitrogens with zero attached hydrogens (tertiary/aromatic N) is 1. The Bertz CT molecular complexity index is 230. The van der Waals surface area contributed by atoms with Crippen LogP contribution >= 0.6 is 0 Å². The zero-order valence-electron chi connectivity index (χ0n) is 9.52. The molecule has 0 aromatic heterocycles. The molecule has 0 aliphatic rings. The zero-order valence-corrected chi connectivity index (χ0v) is 9.52. The van der Waals surface area contributed by atoms with Crippen LogP contribution in [0.3, 0.4) is 0 Å². The van der Waals surface area contributed by atoms with Crippen molar-refractivity contribution in [1.82, 2.24) is 0 Å². The number of hydrogen-bond acceptors (Lipinski definition) is 1. The normalized spacial score (nSPS) is 13.3. The fourth-order valence-corrected chi connectivity index (χ4v) is 1.30. The van der Waals surface area contributed by atoms with Gasteiger partial charge in [-0.15, -0.1) is 0 Å². The summed E-state index contributed by atoms with van der Waals surface area (Å²) in [4.78, 5) is 4.59. The molecule has 0 heterocycles. The number of aliphatic imine (C=N–C) groups is 1. The van der Waals surface area contributed by atoms with Crippen LogP contribution in [0.1, 0.15) is 34.6 Å². The van der Waals surface area contributed by atoms with Crippen LogP contribution in [0.4, 0.5) is 0 Å². The second-order valence-electron chi connectivity index (χ2n) is 4.21. The van der Waals surface area contributed by atoms with Gasteiger partial charge in [0.1, 0.15) is 0 Å². The molecule has 0 aromatic carbocycles. The van der Waals surface area contributed by atoms with Crippen molar-refractivity contribution in [2.24, 2.45) is 10.9 Å². The topological polar surface area (TPSA) is 12.4 Å². The molecule has 0 fully saturated rings. The molecule has 0 aliphatic carbocycles. The molecule has 0 bridgehead atoms. The first-order valence-corrected chi connectivity index (χ1v) is 4.65. The summed E-state index contributed by atoms with van der Waals surface area (Å²) >= 11 is 0. The van der Waals surface area contributed by atoms with Gasteiger partial charge in [-0.05, 0) is 27.7 Å². The van der Waals surface area contributed by atoms with Crippen LogP contribution in [0.5, 0.6) is 0 Å². The average molecular weight is 179 g/mol. The second-order valence-corrected chi connectivity index (χ2v) is 4.21. The second kappa shape index (κ2) is 4.40. The minimum Gasteiger partial charge on any atom is -0.288 e. The SMILES string of the molecule is C=CC(=C)C(C)C(C)(C)N=C(C)C. The maximum Gasteiger partial charge on any atom is 0.0616 e. The summed E-state index contributed by atoms with van der Waals surface area (Å²) < 4.78 is 0. The van der Waals surface area contributed by atoms with E-state index in [1.54, 1.807) is 0 Å². The highest BCUT2D eigenvalue weighted by Gasteiger charge is 2.25. The van der Waals surface area contributed by atoms with Gasteiger partial charge in [0.25, 0.3) is 0 Å². The van der Waals surface area contributed by atoms with E-state index in [4.69, 9.17) is 0 Å². The molecule has 1 atom stereocenters. The number of allylic oxidation sites excluding steroid dienone is 1. The Morgan fingerprint density at radius 1 is 1.38 bits per heavy atom. The Labute approximate surface area is 82.3 Å². The van der Waals surface area contributed by atoms with Gasteiger partial charge in [-0.2, -0.15) is 0 Å². The molecular formula is C12H21N. The highest BCUT2D eigenvalue weighted by molar-refractivity contribution is 5.79. The largest absolute Gasteiger partial charge is 0.288 e. The van der Waals surface area contributed by atoms with Gasteiger partial charge in [0.05, 0.1) is 5.54 Å². The quantitative estimate of drug-likeness (QED) is 0.461. The molecular weight excluding hydrogens is 158 g/mol. The Balaban J connectivity index is 4.73. The summed E-state index contributed by atoms with van der Waals surface area (Å²) in [7, 11) is 0. The maximum atomic E-state index is 4.59. The van der Waals surface area contributed by atoms with Crippen LogP contribution < -0.4 is 0 Å². The van der Waals surface area contributed by atoms with Crippen LogP contribution in [-0.2, 0) is 0 Å². The first-order valence-electron chi connectivity index (χ1n) is 4.65.